The molecule has 0 unspecified atom stereocenters. The molecule has 0 atom stereocenters. The highest BCUT2D eigenvalue weighted by atomic mass is 19.1. The number of aliphatic imine (C=N–C) groups is 1. The summed E-state index contributed by atoms with van der Waals surface area (Å²) >= 11 is 0. The quantitative estimate of drug-likeness (QED) is 0.771. The van der Waals surface area contributed by atoms with Crippen LogP contribution in [0.1, 0.15) is 21.5 Å². The standard InChI is InChI=1S/C16H11F2NO/c17-12-3-1-10(2-4-12)16(20)15-14-6-5-13(18)9-11(14)7-8-19-15/h1-6,9H,7-8H2. The maximum Gasteiger partial charge on any atom is 0.211 e. The van der Waals surface area contributed by atoms with E-state index in [9.17, 15) is 13.6 Å². The number of ketones is 1. The molecule has 0 spiro atoms. The zero-order valence-corrected chi connectivity index (χ0v) is 10.6. The van der Waals surface area contributed by atoms with Gasteiger partial charge in [-0.25, -0.2) is 8.78 Å². The summed E-state index contributed by atoms with van der Waals surface area (Å²) < 4.78 is 26.1. The maximum absolute atomic E-state index is 13.2. The molecule has 20 heavy (non-hydrogen) atoms. The first-order chi connectivity index (χ1) is 9.65. The van der Waals surface area contributed by atoms with E-state index in [1.54, 1.807) is 6.07 Å². The molecule has 100 valence electrons. The summed E-state index contributed by atoms with van der Waals surface area (Å²) in [5, 5.41) is 0. The lowest BCUT2D eigenvalue weighted by Crippen LogP contribution is -2.22. The van der Waals surface area contributed by atoms with Gasteiger partial charge in [0.1, 0.15) is 17.3 Å². The third kappa shape index (κ3) is 2.25. The van der Waals surface area contributed by atoms with Crippen LogP contribution in [-0.2, 0) is 6.42 Å². The first-order valence-corrected chi connectivity index (χ1v) is 6.28. The van der Waals surface area contributed by atoms with Gasteiger partial charge in [-0.1, -0.05) is 0 Å². The zero-order valence-electron chi connectivity index (χ0n) is 10.6. The van der Waals surface area contributed by atoms with Gasteiger partial charge in [-0.3, -0.25) is 9.79 Å². The lowest BCUT2D eigenvalue weighted by Gasteiger charge is -2.16. The molecule has 2 aromatic rings. The Balaban J connectivity index is 2.01. The van der Waals surface area contributed by atoms with Crippen LogP contribution in [0, 0.1) is 11.6 Å². The zero-order chi connectivity index (χ0) is 14.1. The third-order valence-electron chi connectivity index (χ3n) is 3.29. The van der Waals surface area contributed by atoms with Crippen LogP contribution in [0.5, 0.6) is 0 Å². The van der Waals surface area contributed by atoms with Crippen molar-refractivity contribution in [1.29, 1.82) is 0 Å². The predicted octanol–water partition coefficient (Wildman–Crippen LogP) is 3.19. The lowest BCUT2D eigenvalue weighted by atomic mass is 9.93. The second-order valence-electron chi connectivity index (χ2n) is 4.62. The average Bonchev–Trinajstić information content (AvgIpc) is 2.46. The largest absolute Gasteiger partial charge is 0.287 e. The van der Waals surface area contributed by atoms with Gasteiger partial charge in [0.05, 0.1) is 0 Å². The number of hydrogen-bond acceptors (Lipinski definition) is 2. The average molecular weight is 271 g/mol. The number of fused-ring (bicyclic) bond motifs is 1. The van der Waals surface area contributed by atoms with Crippen molar-refractivity contribution < 1.29 is 13.6 Å². The van der Waals surface area contributed by atoms with E-state index >= 15 is 0 Å². The summed E-state index contributed by atoms with van der Waals surface area (Å²) in [6.45, 7) is 0.457. The van der Waals surface area contributed by atoms with E-state index in [1.165, 1.54) is 36.4 Å². The highest BCUT2D eigenvalue weighted by molar-refractivity contribution is 6.51. The molecule has 0 bridgehead atoms. The van der Waals surface area contributed by atoms with Crippen molar-refractivity contribution in [3.63, 3.8) is 0 Å². The summed E-state index contributed by atoms with van der Waals surface area (Å²) in [5.41, 5.74) is 2.14. The molecule has 1 heterocycles. The minimum Gasteiger partial charge on any atom is -0.287 e. The monoisotopic (exact) mass is 271 g/mol. The molecule has 1 aliphatic heterocycles. The smallest absolute Gasteiger partial charge is 0.211 e. The molecule has 0 aromatic heterocycles. The second kappa shape index (κ2) is 4.96. The van der Waals surface area contributed by atoms with Gasteiger partial charge in [-0.15, -0.1) is 0 Å². The number of nitrogens with zero attached hydrogens (tertiary/aromatic N) is 1. The van der Waals surface area contributed by atoms with Gasteiger partial charge in [0.2, 0.25) is 5.78 Å². The molecule has 0 aliphatic carbocycles. The van der Waals surface area contributed by atoms with Crippen molar-refractivity contribution in [3.8, 4) is 0 Å². The molecule has 3 rings (SSSR count). The van der Waals surface area contributed by atoms with Crippen molar-refractivity contribution in [1.82, 2.24) is 0 Å². The van der Waals surface area contributed by atoms with Gasteiger partial charge in [0.15, 0.2) is 0 Å². The van der Waals surface area contributed by atoms with E-state index in [0.717, 1.165) is 5.56 Å². The van der Waals surface area contributed by atoms with Crippen molar-refractivity contribution in [3.05, 3.63) is 70.8 Å². The first kappa shape index (κ1) is 12.7. The number of halogens is 2. The van der Waals surface area contributed by atoms with E-state index < -0.39 is 5.82 Å². The molecule has 0 radical (unpaired) electrons. The topological polar surface area (TPSA) is 29.4 Å². The fraction of sp³-hybridized carbons (Fsp3) is 0.125. The fourth-order valence-electron chi connectivity index (χ4n) is 2.31. The van der Waals surface area contributed by atoms with Crippen molar-refractivity contribution in [2.45, 2.75) is 6.42 Å². The van der Waals surface area contributed by atoms with Crippen LogP contribution < -0.4 is 0 Å². The van der Waals surface area contributed by atoms with Crippen molar-refractivity contribution in [2.24, 2.45) is 4.99 Å². The highest BCUT2D eigenvalue weighted by Gasteiger charge is 2.22. The molecule has 0 N–H and O–H groups in total. The van der Waals surface area contributed by atoms with Crippen LogP contribution in [0.2, 0.25) is 0 Å². The number of benzene rings is 2. The number of carbonyl (C=O) groups is 1. The molecule has 4 heteroatoms. The molecule has 0 saturated carbocycles. The molecule has 0 saturated heterocycles. The Morgan fingerprint density at radius 3 is 2.45 bits per heavy atom. The highest BCUT2D eigenvalue weighted by Crippen LogP contribution is 2.20. The molecule has 0 fully saturated rings. The van der Waals surface area contributed by atoms with Gasteiger partial charge in [-0.2, -0.15) is 0 Å². The van der Waals surface area contributed by atoms with Gasteiger partial charge >= 0.3 is 0 Å². The minimum absolute atomic E-state index is 0.266. The van der Waals surface area contributed by atoms with Crippen LogP contribution in [0.15, 0.2) is 47.5 Å². The summed E-state index contributed by atoms with van der Waals surface area (Å²) in [6, 6.07) is 9.66. The normalized spacial score (nSPS) is 13.6. The molecule has 0 amide bonds. The van der Waals surface area contributed by atoms with Crippen LogP contribution in [0.3, 0.4) is 0 Å². The third-order valence-corrected chi connectivity index (χ3v) is 3.29. The Hall–Kier alpha value is -2.36. The summed E-state index contributed by atoms with van der Waals surface area (Å²) in [4.78, 5) is 16.7. The summed E-state index contributed by atoms with van der Waals surface area (Å²) in [7, 11) is 0. The van der Waals surface area contributed by atoms with Gasteiger partial charge in [0, 0.05) is 17.7 Å². The number of Topliss-reactive ketones (excluding diaryl/α,β-unsaturated/α-hetero) is 1. The number of hydrogen-bond donors (Lipinski definition) is 0. The molecular weight excluding hydrogens is 260 g/mol. The van der Waals surface area contributed by atoms with Gasteiger partial charge in [-0.05, 0) is 54.4 Å². The Kier molecular flexibility index (Phi) is 3.14. The first-order valence-electron chi connectivity index (χ1n) is 6.28. The van der Waals surface area contributed by atoms with E-state index in [1.807, 2.05) is 0 Å². The van der Waals surface area contributed by atoms with Gasteiger partial charge < -0.3 is 0 Å². The molecule has 2 aromatic carbocycles. The summed E-state index contributed by atoms with van der Waals surface area (Å²) in [6.07, 6.45) is 0.618. The van der Waals surface area contributed by atoms with Gasteiger partial charge in [0.25, 0.3) is 0 Å². The van der Waals surface area contributed by atoms with E-state index in [0.29, 0.717) is 29.8 Å². The van der Waals surface area contributed by atoms with Crippen LogP contribution >= 0.6 is 0 Å². The Bertz CT molecular complexity index is 705. The lowest BCUT2D eigenvalue weighted by molar-refractivity contribution is 0.106. The Labute approximate surface area is 114 Å². The minimum atomic E-state index is -0.394. The number of rotatable bonds is 2. The Morgan fingerprint density at radius 1 is 1.00 bits per heavy atom. The maximum atomic E-state index is 13.2. The van der Waals surface area contributed by atoms with E-state index in [2.05, 4.69) is 4.99 Å². The van der Waals surface area contributed by atoms with Crippen LogP contribution in [0.25, 0.3) is 0 Å². The Morgan fingerprint density at radius 2 is 1.70 bits per heavy atom. The predicted molar refractivity (Wildman–Crippen MR) is 72.2 cm³/mol. The SMILES string of the molecule is O=C(C1=NCCc2cc(F)ccc21)c1ccc(F)cc1. The van der Waals surface area contributed by atoms with Crippen LogP contribution in [-0.4, -0.2) is 18.0 Å². The van der Waals surface area contributed by atoms with E-state index in [-0.39, 0.29) is 11.6 Å². The molecular formula is C16H11F2NO. The number of carbonyl (C=O) groups excluding carboxylic acids is 1. The van der Waals surface area contributed by atoms with Crippen molar-refractivity contribution >= 4 is 11.5 Å². The fourth-order valence-corrected chi connectivity index (χ4v) is 2.31. The molecule has 1 aliphatic rings. The molecule has 2 nitrogen and oxygen atoms in total. The van der Waals surface area contributed by atoms with Crippen LogP contribution in [0.4, 0.5) is 8.78 Å². The van der Waals surface area contributed by atoms with E-state index in [4.69, 9.17) is 0 Å². The second-order valence-corrected chi connectivity index (χ2v) is 4.62. The van der Waals surface area contributed by atoms with Crippen molar-refractivity contribution in [2.75, 3.05) is 6.54 Å². The summed E-state index contributed by atoms with van der Waals surface area (Å²) in [5.74, 6) is -0.980.